The van der Waals surface area contributed by atoms with Gasteiger partial charge >= 0.3 is 0 Å². The third-order valence-corrected chi connectivity index (χ3v) is 5.30. The van der Waals surface area contributed by atoms with Crippen LogP contribution in [0.2, 0.25) is 5.02 Å². The fraction of sp³-hybridized carbons (Fsp3) is 0. The van der Waals surface area contributed by atoms with Gasteiger partial charge in [0.15, 0.2) is 10.7 Å². The van der Waals surface area contributed by atoms with Crippen molar-refractivity contribution in [2.45, 2.75) is 4.90 Å². The van der Waals surface area contributed by atoms with Crippen LogP contribution in [0.3, 0.4) is 0 Å². The van der Waals surface area contributed by atoms with E-state index >= 15 is 0 Å². The molecule has 0 aliphatic carbocycles. The molecule has 0 amide bonds. The van der Waals surface area contributed by atoms with Gasteiger partial charge in [-0.1, -0.05) is 17.7 Å². The highest BCUT2D eigenvalue weighted by Crippen LogP contribution is 2.41. The van der Waals surface area contributed by atoms with Crippen molar-refractivity contribution < 1.29 is 17.2 Å². The summed E-state index contributed by atoms with van der Waals surface area (Å²) in [4.78, 5) is 0.243. The van der Waals surface area contributed by atoms with Gasteiger partial charge in [0.1, 0.15) is 11.9 Å². The van der Waals surface area contributed by atoms with Gasteiger partial charge in [-0.25, -0.2) is 17.2 Å². The van der Waals surface area contributed by atoms with Gasteiger partial charge in [-0.3, -0.25) is 0 Å². The van der Waals surface area contributed by atoms with Crippen molar-refractivity contribution >= 4 is 32.8 Å². The highest BCUT2D eigenvalue weighted by atomic mass is 35.5. The zero-order valence-corrected chi connectivity index (χ0v) is 12.9. The molecule has 2 aromatic rings. The first kappa shape index (κ1) is 15.5. The van der Waals surface area contributed by atoms with E-state index in [1.165, 1.54) is 18.2 Å². The molecule has 2 aromatic carbocycles. The van der Waals surface area contributed by atoms with Gasteiger partial charge in [0.2, 0.25) is 9.84 Å². The Balaban J connectivity index is 2.36. The van der Waals surface area contributed by atoms with Gasteiger partial charge < -0.3 is 4.90 Å². The largest absolute Gasteiger partial charge is 0.311 e. The first-order chi connectivity index (χ1) is 10.9. The average Bonchev–Trinajstić information content (AvgIpc) is 2.50. The van der Waals surface area contributed by atoms with E-state index in [0.29, 0.717) is 0 Å². The fourth-order valence-corrected chi connectivity index (χ4v) is 3.70. The van der Waals surface area contributed by atoms with Crippen LogP contribution in [0.1, 0.15) is 0 Å². The lowest BCUT2D eigenvalue weighted by Gasteiger charge is -2.27. The number of hydrogen-bond acceptors (Lipinski definition) is 4. The molecular formula is C15H7ClF2N2O2S. The number of rotatable bonds is 1. The second-order valence-corrected chi connectivity index (χ2v) is 6.96. The van der Waals surface area contributed by atoms with Crippen molar-refractivity contribution in [2.24, 2.45) is 0 Å². The first-order valence-corrected chi connectivity index (χ1v) is 8.12. The number of nitriles is 1. The number of fused-ring (bicyclic) bond motifs is 1. The topological polar surface area (TPSA) is 61.2 Å². The van der Waals surface area contributed by atoms with Gasteiger partial charge in [0, 0.05) is 6.20 Å². The zero-order valence-electron chi connectivity index (χ0n) is 11.3. The Morgan fingerprint density at radius 2 is 1.87 bits per heavy atom. The summed E-state index contributed by atoms with van der Waals surface area (Å²) in [5, 5.41) is 8.90. The third-order valence-electron chi connectivity index (χ3n) is 3.31. The minimum Gasteiger partial charge on any atom is -0.311 e. The number of allylic oxidation sites excluding steroid dienone is 1. The molecule has 0 saturated heterocycles. The molecule has 3 rings (SSSR count). The molecule has 1 aliphatic heterocycles. The molecule has 4 nitrogen and oxygen atoms in total. The van der Waals surface area contributed by atoms with Crippen LogP contribution in [-0.4, -0.2) is 8.42 Å². The van der Waals surface area contributed by atoms with Crippen molar-refractivity contribution in [2.75, 3.05) is 4.90 Å². The van der Waals surface area contributed by atoms with Crippen LogP contribution >= 0.6 is 11.6 Å². The molecule has 0 unspecified atom stereocenters. The first-order valence-electron chi connectivity index (χ1n) is 6.26. The molecule has 1 heterocycles. The summed E-state index contributed by atoms with van der Waals surface area (Å²) in [5.74, 6) is -1.50. The Hall–Kier alpha value is -2.43. The number of halogens is 3. The number of sulfone groups is 1. The molecule has 1 aliphatic rings. The molecule has 0 radical (unpaired) electrons. The van der Waals surface area contributed by atoms with Crippen LogP contribution in [0.4, 0.5) is 20.2 Å². The molecule has 0 spiro atoms. The van der Waals surface area contributed by atoms with Crippen LogP contribution in [-0.2, 0) is 9.84 Å². The van der Waals surface area contributed by atoms with E-state index in [1.54, 1.807) is 6.07 Å². The Kier molecular flexibility index (Phi) is 3.59. The van der Waals surface area contributed by atoms with E-state index in [-0.39, 0.29) is 21.3 Å². The van der Waals surface area contributed by atoms with Crippen LogP contribution in [0.5, 0.6) is 0 Å². The monoisotopic (exact) mass is 352 g/mol. The van der Waals surface area contributed by atoms with Crippen molar-refractivity contribution in [3.8, 4) is 6.07 Å². The maximum Gasteiger partial charge on any atom is 0.220 e. The molecular weight excluding hydrogens is 346 g/mol. The average molecular weight is 353 g/mol. The van der Waals surface area contributed by atoms with Gasteiger partial charge in [-0.2, -0.15) is 5.26 Å². The minimum atomic E-state index is -4.08. The zero-order chi connectivity index (χ0) is 16.8. The highest BCUT2D eigenvalue weighted by molar-refractivity contribution is 7.95. The Morgan fingerprint density at radius 1 is 1.13 bits per heavy atom. The van der Waals surface area contributed by atoms with E-state index in [1.807, 2.05) is 0 Å². The molecule has 0 aromatic heterocycles. The van der Waals surface area contributed by atoms with E-state index in [2.05, 4.69) is 0 Å². The minimum absolute atomic E-state index is 0.0907. The molecule has 0 bridgehead atoms. The lowest BCUT2D eigenvalue weighted by Crippen LogP contribution is -2.22. The predicted octanol–water partition coefficient (Wildman–Crippen LogP) is 3.91. The van der Waals surface area contributed by atoms with Crippen molar-refractivity contribution in [1.82, 2.24) is 0 Å². The number of anilines is 2. The second kappa shape index (κ2) is 5.33. The molecule has 0 atom stereocenters. The van der Waals surface area contributed by atoms with Crippen LogP contribution in [0, 0.1) is 23.0 Å². The fourth-order valence-electron chi connectivity index (χ4n) is 2.25. The number of hydrogen-bond donors (Lipinski definition) is 0. The van der Waals surface area contributed by atoms with Crippen LogP contribution in [0.15, 0.2) is 52.4 Å². The summed E-state index contributed by atoms with van der Waals surface area (Å²) in [5.41, 5.74) is -0.183. The molecule has 116 valence electrons. The maximum absolute atomic E-state index is 14.3. The van der Waals surface area contributed by atoms with E-state index in [9.17, 15) is 17.2 Å². The number of benzene rings is 2. The van der Waals surface area contributed by atoms with Crippen molar-refractivity contribution in [3.05, 3.63) is 64.2 Å². The predicted molar refractivity (Wildman–Crippen MR) is 80.8 cm³/mol. The van der Waals surface area contributed by atoms with Crippen molar-refractivity contribution in [3.63, 3.8) is 0 Å². The lowest BCUT2D eigenvalue weighted by atomic mass is 10.2. The maximum atomic E-state index is 14.3. The quantitative estimate of drug-likeness (QED) is 0.730. The van der Waals surface area contributed by atoms with E-state index in [0.717, 1.165) is 29.3 Å². The summed E-state index contributed by atoms with van der Waals surface area (Å²) < 4.78 is 52.5. The SMILES string of the molecule is N#CC1=CN(c2cccc(Cl)c2F)c2cc(F)ccc2S1(=O)=O. The molecule has 0 fully saturated rings. The Morgan fingerprint density at radius 3 is 2.57 bits per heavy atom. The summed E-state index contributed by atoms with van der Waals surface area (Å²) in [6.45, 7) is 0. The normalized spacial score (nSPS) is 15.6. The smallest absolute Gasteiger partial charge is 0.220 e. The highest BCUT2D eigenvalue weighted by Gasteiger charge is 2.33. The Bertz CT molecular complexity index is 997. The number of nitrogens with zero attached hydrogens (tertiary/aromatic N) is 2. The van der Waals surface area contributed by atoms with Gasteiger partial charge in [-0.15, -0.1) is 0 Å². The summed E-state index contributed by atoms with van der Waals surface area (Å²) in [6.07, 6.45) is 0.950. The summed E-state index contributed by atoms with van der Waals surface area (Å²) in [6, 6.07) is 8.65. The molecule has 23 heavy (non-hydrogen) atoms. The van der Waals surface area contributed by atoms with Gasteiger partial charge in [-0.05, 0) is 30.3 Å². The van der Waals surface area contributed by atoms with Crippen LogP contribution < -0.4 is 4.90 Å². The van der Waals surface area contributed by atoms with E-state index in [4.69, 9.17) is 16.9 Å². The second-order valence-electron chi connectivity index (χ2n) is 4.66. The van der Waals surface area contributed by atoms with Crippen LogP contribution in [0.25, 0.3) is 0 Å². The van der Waals surface area contributed by atoms with Crippen molar-refractivity contribution in [1.29, 1.82) is 5.26 Å². The molecule has 8 heteroatoms. The van der Waals surface area contributed by atoms with Gasteiger partial charge in [0.25, 0.3) is 0 Å². The third kappa shape index (κ3) is 2.36. The summed E-state index contributed by atoms with van der Waals surface area (Å²) in [7, 11) is -4.08. The van der Waals surface area contributed by atoms with E-state index < -0.39 is 26.4 Å². The molecule has 0 saturated carbocycles. The summed E-state index contributed by atoms with van der Waals surface area (Å²) >= 11 is 5.74. The van der Waals surface area contributed by atoms with Gasteiger partial charge in [0.05, 0.1) is 21.3 Å². The lowest BCUT2D eigenvalue weighted by molar-refractivity contribution is 0.599. The molecule has 0 N–H and O–H groups in total. The Labute approximate surface area is 135 Å². The standard InChI is InChI=1S/C15H7ClF2N2O2S/c16-11-2-1-3-12(15(11)18)20-8-10(7-19)23(21,22)14-5-4-9(17)6-13(14)20/h1-6,8H.